The molecule has 0 radical (unpaired) electrons. The molecule has 3 aliphatic carbocycles. The third-order valence-electron chi connectivity index (χ3n) is 9.63. The number of aliphatic hydroxyl groups excluding tert-OH is 1. The third kappa shape index (κ3) is 4.53. The summed E-state index contributed by atoms with van der Waals surface area (Å²) < 4.78 is 11.3. The lowest BCUT2D eigenvalue weighted by atomic mass is 9.59. The molecule has 2 saturated heterocycles. The molecule has 2 aromatic rings. The van der Waals surface area contributed by atoms with E-state index in [1.54, 1.807) is 13.0 Å². The summed E-state index contributed by atoms with van der Waals surface area (Å²) in [6, 6.07) is 14.8. The fraction of sp³-hybridized carbons (Fsp3) is 0.371. The summed E-state index contributed by atoms with van der Waals surface area (Å²) in [5, 5.41) is 9.43. The zero-order valence-corrected chi connectivity index (χ0v) is 24.5. The first-order valence-corrected chi connectivity index (χ1v) is 15.2. The Bertz CT molecular complexity index is 1650. The van der Waals surface area contributed by atoms with Gasteiger partial charge in [0.1, 0.15) is 12.4 Å². The van der Waals surface area contributed by atoms with Crippen LogP contribution in [0.25, 0.3) is 0 Å². The number of para-hydroxylation sites is 1. The number of imide groups is 1. The van der Waals surface area contributed by atoms with E-state index in [0.717, 1.165) is 24.4 Å². The van der Waals surface area contributed by atoms with Gasteiger partial charge < -0.3 is 19.5 Å². The molecule has 4 atom stereocenters. The van der Waals surface area contributed by atoms with E-state index in [-0.39, 0.29) is 43.0 Å². The third-order valence-corrected chi connectivity index (χ3v) is 9.63. The van der Waals surface area contributed by atoms with Crippen molar-refractivity contribution in [3.8, 4) is 5.75 Å². The predicted molar refractivity (Wildman–Crippen MR) is 162 cm³/mol. The highest BCUT2D eigenvalue weighted by Crippen LogP contribution is 2.56. The van der Waals surface area contributed by atoms with E-state index in [2.05, 4.69) is 4.90 Å². The Morgan fingerprint density at radius 1 is 0.932 bits per heavy atom. The number of nitrogens with zero attached hydrogens (tertiary/aromatic N) is 2. The molecule has 7 rings (SSSR count). The number of allylic oxidation sites excluding steroid dienone is 6. The molecule has 2 aliphatic heterocycles. The lowest BCUT2D eigenvalue weighted by molar-refractivity contribution is -0.123. The summed E-state index contributed by atoms with van der Waals surface area (Å²) in [5.74, 6) is -2.68. The number of aliphatic hydroxyl groups is 1. The quantitative estimate of drug-likeness (QED) is 0.307. The Morgan fingerprint density at radius 3 is 2.41 bits per heavy atom. The van der Waals surface area contributed by atoms with E-state index in [4.69, 9.17) is 9.47 Å². The normalized spacial score (nSPS) is 26.7. The van der Waals surface area contributed by atoms with Gasteiger partial charge in [-0.1, -0.05) is 29.8 Å². The van der Waals surface area contributed by atoms with Crippen molar-refractivity contribution < 1.29 is 33.8 Å². The maximum atomic E-state index is 14.2. The second kappa shape index (κ2) is 11.3. The van der Waals surface area contributed by atoms with Gasteiger partial charge in [-0.2, -0.15) is 0 Å². The number of hydrogen-bond donors (Lipinski definition) is 1. The number of benzene rings is 2. The number of ether oxygens (including phenoxy) is 2. The van der Waals surface area contributed by atoms with E-state index < -0.39 is 23.7 Å². The minimum absolute atomic E-state index is 0.0704. The lowest BCUT2D eigenvalue weighted by Crippen LogP contribution is -2.40. The Hall–Kier alpha value is -4.34. The van der Waals surface area contributed by atoms with Crippen LogP contribution in [0.4, 0.5) is 11.4 Å². The summed E-state index contributed by atoms with van der Waals surface area (Å²) in [4.78, 5) is 58.7. The summed E-state index contributed by atoms with van der Waals surface area (Å²) in [6.07, 6.45) is 3.98. The second-order valence-electron chi connectivity index (χ2n) is 12.0. The summed E-state index contributed by atoms with van der Waals surface area (Å²) in [7, 11) is 0. The standard InChI is InChI=1S/C35H34N2O7/c1-20-18-28(39)32-27(33(20)40)19-26-23(30(32)24-4-2-3-5-29(24)44-17-14-38)10-11-25-31(26)35(42)37(34(25)41)22-8-6-21(7-9-22)36-12-15-43-16-13-36/h2-10,18,25-26,30-31,38H,11-17,19H2,1H3. The minimum atomic E-state index is -0.655. The van der Waals surface area contributed by atoms with Gasteiger partial charge in [-0.15, -0.1) is 0 Å². The molecule has 226 valence electrons. The van der Waals surface area contributed by atoms with E-state index in [1.165, 1.54) is 11.0 Å². The number of Topliss-reactive ketones (excluding diaryl/α,β-unsaturated/α-hetero) is 1. The largest absolute Gasteiger partial charge is 0.491 e. The Balaban J connectivity index is 1.27. The first-order chi connectivity index (χ1) is 21.4. The van der Waals surface area contributed by atoms with Crippen LogP contribution < -0.4 is 14.5 Å². The Morgan fingerprint density at radius 2 is 1.66 bits per heavy atom. The van der Waals surface area contributed by atoms with Crippen molar-refractivity contribution in [3.05, 3.63) is 88.5 Å². The molecule has 0 aromatic heterocycles. The molecular formula is C35H34N2O7. The number of amides is 2. The molecular weight excluding hydrogens is 560 g/mol. The summed E-state index contributed by atoms with van der Waals surface area (Å²) >= 11 is 0. The summed E-state index contributed by atoms with van der Waals surface area (Å²) in [6.45, 7) is 4.41. The van der Waals surface area contributed by atoms with Crippen molar-refractivity contribution in [2.24, 2.45) is 17.8 Å². The van der Waals surface area contributed by atoms with Crippen molar-refractivity contribution in [2.45, 2.75) is 25.7 Å². The number of ketones is 2. The molecule has 9 nitrogen and oxygen atoms in total. The molecule has 2 heterocycles. The van der Waals surface area contributed by atoms with Crippen molar-refractivity contribution in [3.63, 3.8) is 0 Å². The summed E-state index contributed by atoms with van der Waals surface area (Å²) in [5.41, 5.74) is 4.30. The maximum Gasteiger partial charge on any atom is 0.238 e. The van der Waals surface area contributed by atoms with Gasteiger partial charge in [-0.05, 0) is 62.1 Å². The van der Waals surface area contributed by atoms with Crippen LogP contribution in [0.1, 0.15) is 31.2 Å². The van der Waals surface area contributed by atoms with Crippen LogP contribution in [0, 0.1) is 17.8 Å². The van der Waals surface area contributed by atoms with E-state index >= 15 is 0 Å². The molecule has 5 aliphatic rings. The topological polar surface area (TPSA) is 113 Å². The van der Waals surface area contributed by atoms with Gasteiger partial charge in [-0.25, -0.2) is 0 Å². The molecule has 2 amide bonds. The van der Waals surface area contributed by atoms with Crippen LogP contribution in [0.5, 0.6) is 5.75 Å². The average Bonchev–Trinajstić information content (AvgIpc) is 3.31. The van der Waals surface area contributed by atoms with Crippen LogP contribution >= 0.6 is 0 Å². The van der Waals surface area contributed by atoms with Gasteiger partial charge in [0.25, 0.3) is 0 Å². The van der Waals surface area contributed by atoms with Gasteiger partial charge in [0.15, 0.2) is 11.6 Å². The number of morpholine rings is 1. The fourth-order valence-electron chi connectivity index (χ4n) is 7.63. The van der Waals surface area contributed by atoms with Crippen LogP contribution in [0.2, 0.25) is 0 Å². The minimum Gasteiger partial charge on any atom is -0.491 e. The molecule has 1 N–H and O–H groups in total. The van der Waals surface area contributed by atoms with Gasteiger partial charge in [0, 0.05) is 47.0 Å². The molecule has 44 heavy (non-hydrogen) atoms. The molecule has 0 spiro atoms. The van der Waals surface area contributed by atoms with Gasteiger partial charge >= 0.3 is 0 Å². The molecule has 4 unspecified atom stereocenters. The van der Waals surface area contributed by atoms with Crippen LogP contribution in [-0.4, -0.2) is 68.0 Å². The Kier molecular flexibility index (Phi) is 7.30. The van der Waals surface area contributed by atoms with Gasteiger partial charge in [0.05, 0.1) is 37.3 Å². The number of carbonyl (C=O) groups is 4. The monoisotopic (exact) mass is 594 g/mol. The van der Waals surface area contributed by atoms with Crippen molar-refractivity contribution in [1.82, 2.24) is 0 Å². The van der Waals surface area contributed by atoms with Crippen LogP contribution in [0.15, 0.2) is 83.0 Å². The number of rotatable bonds is 6. The molecule has 0 saturated carbocycles. The number of carbonyl (C=O) groups excluding carboxylic acids is 4. The number of hydrogen-bond acceptors (Lipinski definition) is 8. The highest BCUT2D eigenvalue weighted by atomic mass is 16.5. The van der Waals surface area contributed by atoms with Crippen molar-refractivity contribution in [2.75, 3.05) is 49.3 Å². The fourth-order valence-corrected chi connectivity index (χ4v) is 7.63. The SMILES string of the molecule is CC1=CC(=O)C2=C(CC3C(=CCC4C(=O)N(c5ccc(N6CCOCC6)cc5)C(=O)C43)C2c2ccccc2OCCO)C1=O. The lowest BCUT2D eigenvalue weighted by Gasteiger charge is -2.42. The van der Waals surface area contributed by atoms with Crippen molar-refractivity contribution in [1.29, 1.82) is 0 Å². The van der Waals surface area contributed by atoms with E-state index in [0.29, 0.717) is 53.4 Å². The number of fused-ring (bicyclic) bond motifs is 3. The maximum absolute atomic E-state index is 14.2. The highest BCUT2D eigenvalue weighted by molar-refractivity contribution is 6.25. The zero-order valence-electron chi connectivity index (χ0n) is 24.5. The average molecular weight is 595 g/mol. The smallest absolute Gasteiger partial charge is 0.238 e. The van der Waals surface area contributed by atoms with Gasteiger partial charge in [-0.3, -0.25) is 24.1 Å². The first kappa shape index (κ1) is 28.4. The molecule has 2 aromatic carbocycles. The van der Waals surface area contributed by atoms with Crippen LogP contribution in [-0.2, 0) is 23.9 Å². The van der Waals surface area contributed by atoms with Crippen LogP contribution in [0.3, 0.4) is 0 Å². The molecule has 9 heteroatoms. The molecule has 0 bridgehead atoms. The predicted octanol–water partition coefficient (Wildman–Crippen LogP) is 3.53. The molecule has 2 fully saturated rings. The Labute approximate surface area is 255 Å². The van der Waals surface area contributed by atoms with E-state index in [1.807, 2.05) is 48.5 Å². The first-order valence-electron chi connectivity index (χ1n) is 15.2. The van der Waals surface area contributed by atoms with E-state index in [9.17, 15) is 24.3 Å². The highest BCUT2D eigenvalue weighted by Gasteiger charge is 2.56. The second-order valence-corrected chi connectivity index (χ2v) is 12.0. The van der Waals surface area contributed by atoms with Gasteiger partial charge in [0.2, 0.25) is 11.8 Å². The van der Waals surface area contributed by atoms with Crippen molar-refractivity contribution >= 4 is 34.8 Å². The zero-order chi connectivity index (χ0) is 30.5. The number of anilines is 2.